The molecule has 0 rings (SSSR count). The summed E-state index contributed by atoms with van der Waals surface area (Å²) in [5, 5.41) is 0. The van der Waals surface area contributed by atoms with Gasteiger partial charge in [0.1, 0.15) is 0 Å². The van der Waals surface area contributed by atoms with Crippen LogP contribution in [0.4, 0.5) is 0 Å². The van der Waals surface area contributed by atoms with Crippen molar-refractivity contribution in [3.05, 3.63) is 0 Å². The molecule has 0 radical (unpaired) electrons. The molecule has 0 aromatic rings. The second-order valence-electron chi connectivity index (χ2n) is 4.54. The Morgan fingerprint density at radius 2 is 1.85 bits per heavy atom. The highest BCUT2D eigenvalue weighted by atomic mass is 15.2. The quantitative estimate of drug-likeness (QED) is 0.689. The van der Waals surface area contributed by atoms with Gasteiger partial charge in [0.15, 0.2) is 0 Å². The molecule has 80 valence electrons. The van der Waals surface area contributed by atoms with Crippen molar-refractivity contribution in [3.63, 3.8) is 0 Å². The maximum absolute atomic E-state index is 5.88. The van der Waals surface area contributed by atoms with Gasteiger partial charge in [-0.15, -0.1) is 0 Å². The van der Waals surface area contributed by atoms with E-state index in [4.69, 9.17) is 5.73 Å². The van der Waals surface area contributed by atoms with Gasteiger partial charge in [0.05, 0.1) is 0 Å². The van der Waals surface area contributed by atoms with Crippen LogP contribution in [-0.4, -0.2) is 30.1 Å². The molecule has 1 unspecified atom stereocenters. The fourth-order valence-electron chi connectivity index (χ4n) is 1.14. The highest BCUT2D eigenvalue weighted by Crippen LogP contribution is 2.16. The summed E-state index contributed by atoms with van der Waals surface area (Å²) in [6.07, 6.45) is 3.38. The van der Waals surface area contributed by atoms with Crippen molar-refractivity contribution in [2.75, 3.05) is 13.6 Å². The van der Waals surface area contributed by atoms with E-state index in [0.717, 1.165) is 19.4 Å². The molecule has 1 atom stereocenters. The molecule has 0 aromatic carbocycles. The molecule has 0 aliphatic carbocycles. The van der Waals surface area contributed by atoms with Crippen molar-refractivity contribution in [2.24, 2.45) is 5.73 Å². The van der Waals surface area contributed by atoms with E-state index < -0.39 is 0 Å². The molecule has 0 bridgehead atoms. The van der Waals surface area contributed by atoms with E-state index in [1.165, 1.54) is 6.42 Å². The van der Waals surface area contributed by atoms with Crippen LogP contribution < -0.4 is 5.73 Å². The summed E-state index contributed by atoms with van der Waals surface area (Å²) in [7, 11) is 2.19. The number of nitrogens with two attached hydrogens (primary N) is 1. The summed E-state index contributed by atoms with van der Waals surface area (Å²) in [5.41, 5.74) is 6.19. The Morgan fingerprint density at radius 3 is 2.23 bits per heavy atom. The summed E-state index contributed by atoms with van der Waals surface area (Å²) in [4.78, 5) is 2.41. The van der Waals surface area contributed by atoms with Crippen LogP contribution in [0.2, 0.25) is 0 Å². The molecule has 13 heavy (non-hydrogen) atoms. The standard InChI is InChI=1S/C11H26N2/c1-6-10(12)8-9-13(5)11(3,4)7-2/h10H,6-9,12H2,1-5H3. The lowest BCUT2D eigenvalue weighted by Crippen LogP contribution is -2.42. The van der Waals surface area contributed by atoms with E-state index in [1.54, 1.807) is 0 Å². The molecule has 0 saturated heterocycles. The second-order valence-corrected chi connectivity index (χ2v) is 4.54. The van der Waals surface area contributed by atoms with Gasteiger partial charge in [0.2, 0.25) is 0 Å². The molecule has 0 heterocycles. The second kappa shape index (κ2) is 5.61. The molecule has 0 spiro atoms. The van der Waals surface area contributed by atoms with Gasteiger partial charge in [-0.1, -0.05) is 13.8 Å². The summed E-state index contributed by atoms with van der Waals surface area (Å²) >= 11 is 0. The van der Waals surface area contributed by atoms with Crippen molar-refractivity contribution in [1.29, 1.82) is 0 Å². The molecule has 0 saturated carbocycles. The predicted molar refractivity (Wildman–Crippen MR) is 59.9 cm³/mol. The fraction of sp³-hybridized carbons (Fsp3) is 1.00. The summed E-state index contributed by atoms with van der Waals surface area (Å²) in [6.45, 7) is 10.1. The zero-order valence-electron chi connectivity index (χ0n) is 9.93. The first-order chi connectivity index (χ1) is 5.94. The Kier molecular flexibility index (Phi) is 5.57. The average Bonchev–Trinajstić information content (AvgIpc) is 2.13. The van der Waals surface area contributed by atoms with Crippen molar-refractivity contribution in [3.8, 4) is 0 Å². The Labute approximate surface area is 83.5 Å². The van der Waals surface area contributed by atoms with Crippen LogP contribution in [0, 0.1) is 0 Å². The first kappa shape index (κ1) is 12.9. The zero-order chi connectivity index (χ0) is 10.5. The predicted octanol–water partition coefficient (Wildman–Crippen LogP) is 2.23. The molecule has 0 aromatic heterocycles. The lowest BCUT2D eigenvalue weighted by atomic mass is 9.99. The molecule has 0 aliphatic rings. The minimum Gasteiger partial charge on any atom is -0.328 e. The SMILES string of the molecule is CCC(N)CCN(C)C(C)(C)CC. The van der Waals surface area contributed by atoms with Gasteiger partial charge in [-0.2, -0.15) is 0 Å². The van der Waals surface area contributed by atoms with Crippen LogP contribution >= 0.6 is 0 Å². The molecular weight excluding hydrogens is 160 g/mol. The van der Waals surface area contributed by atoms with E-state index in [0.29, 0.717) is 11.6 Å². The lowest BCUT2D eigenvalue weighted by Gasteiger charge is -2.35. The van der Waals surface area contributed by atoms with Gasteiger partial charge < -0.3 is 10.6 Å². The maximum atomic E-state index is 5.88. The van der Waals surface area contributed by atoms with Crippen molar-refractivity contribution in [2.45, 2.75) is 58.5 Å². The van der Waals surface area contributed by atoms with Crippen molar-refractivity contribution in [1.82, 2.24) is 4.90 Å². The first-order valence-electron chi connectivity index (χ1n) is 5.40. The number of rotatable bonds is 6. The molecular formula is C11H26N2. The highest BCUT2D eigenvalue weighted by molar-refractivity contribution is 4.78. The number of hydrogen-bond acceptors (Lipinski definition) is 2. The van der Waals surface area contributed by atoms with E-state index in [1.807, 2.05) is 0 Å². The Morgan fingerprint density at radius 1 is 1.31 bits per heavy atom. The van der Waals surface area contributed by atoms with Crippen LogP contribution in [0.25, 0.3) is 0 Å². The third-order valence-corrected chi connectivity index (χ3v) is 3.26. The van der Waals surface area contributed by atoms with Crippen molar-refractivity contribution >= 4 is 0 Å². The maximum Gasteiger partial charge on any atom is 0.0147 e. The molecule has 0 amide bonds. The normalized spacial score (nSPS) is 15.0. The minimum atomic E-state index is 0.313. The van der Waals surface area contributed by atoms with Crippen LogP contribution in [0.15, 0.2) is 0 Å². The summed E-state index contributed by atoms with van der Waals surface area (Å²) in [6, 6.07) is 0.370. The molecule has 2 N–H and O–H groups in total. The fourth-order valence-corrected chi connectivity index (χ4v) is 1.14. The van der Waals surface area contributed by atoms with E-state index in [-0.39, 0.29) is 0 Å². The average molecular weight is 186 g/mol. The van der Waals surface area contributed by atoms with Gasteiger partial charge in [0, 0.05) is 11.6 Å². The summed E-state index contributed by atoms with van der Waals surface area (Å²) in [5.74, 6) is 0. The monoisotopic (exact) mass is 186 g/mol. The van der Waals surface area contributed by atoms with Gasteiger partial charge >= 0.3 is 0 Å². The molecule has 2 heteroatoms. The Bertz CT molecular complexity index is 132. The van der Waals surface area contributed by atoms with Gasteiger partial charge in [-0.25, -0.2) is 0 Å². The van der Waals surface area contributed by atoms with Crippen LogP contribution in [0.3, 0.4) is 0 Å². The van der Waals surface area contributed by atoms with Gasteiger partial charge in [-0.05, 0) is 46.7 Å². The third-order valence-electron chi connectivity index (χ3n) is 3.26. The Hall–Kier alpha value is -0.0800. The van der Waals surface area contributed by atoms with E-state index >= 15 is 0 Å². The zero-order valence-corrected chi connectivity index (χ0v) is 9.93. The summed E-state index contributed by atoms with van der Waals surface area (Å²) < 4.78 is 0. The third kappa shape index (κ3) is 4.63. The van der Waals surface area contributed by atoms with Crippen LogP contribution in [0.5, 0.6) is 0 Å². The first-order valence-corrected chi connectivity index (χ1v) is 5.40. The van der Waals surface area contributed by atoms with Crippen LogP contribution in [-0.2, 0) is 0 Å². The van der Waals surface area contributed by atoms with E-state index in [2.05, 4.69) is 39.6 Å². The van der Waals surface area contributed by atoms with Crippen LogP contribution in [0.1, 0.15) is 47.0 Å². The molecule has 0 fully saturated rings. The van der Waals surface area contributed by atoms with Gasteiger partial charge in [0.25, 0.3) is 0 Å². The Balaban J connectivity index is 3.80. The highest BCUT2D eigenvalue weighted by Gasteiger charge is 2.20. The minimum absolute atomic E-state index is 0.313. The number of hydrogen-bond donors (Lipinski definition) is 1. The van der Waals surface area contributed by atoms with Crippen molar-refractivity contribution < 1.29 is 0 Å². The number of nitrogens with zero attached hydrogens (tertiary/aromatic N) is 1. The smallest absolute Gasteiger partial charge is 0.0147 e. The topological polar surface area (TPSA) is 29.3 Å². The van der Waals surface area contributed by atoms with E-state index in [9.17, 15) is 0 Å². The molecule has 0 aliphatic heterocycles. The largest absolute Gasteiger partial charge is 0.328 e. The van der Waals surface area contributed by atoms with Gasteiger partial charge in [-0.3, -0.25) is 0 Å². The molecule has 2 nitrogen and oxygen atoms in total. The lowest BCUT2D eigenvalue weighted by molar-refractivity contribution is 0.146.